The van der Waals surface area contributed by atoms with Gasteiger partial charge in [0, 0.05) is 38.1 Å². The van der Waals surface area contributed by atoms with Crippen molar-refractivity contribution < 1.29 is 4.79 Å². The lowest BCUT2D eigenvalue weighted by atomic mass is 9.82. The van der Waals surface area contributed by atoms with Crippen molar-refractivity contribution in [2.45, 2.75) is 38.1 Å². The second kappa shape index (κ2) is 5.34. The van der Waals surface area contributed by atoms with Crippen molar-refractivity contribution in [3.8, 4) is 0 Å². The van der Waals surface area contributed by atoms with E-state index in [0.29, 0.717) is 11.9 Å². The van der Waals surface area contributed by atoms with Crippen LogP contribution in [0.1, 0.15) is 30.4 Å². The summed E-state index contributed by atoms with van der Waals surface area (Å²) in [5.41, 5.74) is 2.86. The Labute approximate surface area is 138 Å². The van der Waals surface area contributed by atoms with Crippen molar-refractivity contribution in [3.63, 3.8) is 0 Å². The number of carbonyl (C=O) groups excluding carboxylic acids is 1. The molecule has 0 spiro atoms. The van der Waals surface area contributed by atoms with Crippen LogP contribution in [0.25, 0.3) is 0 Å². The van der Waals surface area contributed by atoms with Gasteiger partial charge in [0.1, 0.15) is 0 Å². The average Bonchev–Trinajstić information content (AvgIpc) is 2.77. The summed E-state index contributed by atoms with van der Waals surface area (Å²) < 4.78 is 0. The largest absolute Gasteiger partial charge is 0.338 e. The molecule has 6 rings (SSSR count). The van der Waals surface area contributed by atoms with Crippen molar-refractivity contribution in [1.82, 2.24) is 9.80 Å². The lowest BCUT2D eigenvalue weighted by Crippen LogP contribution is -2.51. The number of carbonyl (C=O) groups is 1. The number of benzene rings is 1. The third-order valence-electron chi connectivity index (χ3n) is 6.65. The van der Waals surface area contributed by atoms with Gasteiger partial charge in [0.2, 0.25) is 5.91 Å². The second-order valence-electron chi connectivity index (χ2n) is 8.27. The molecule has 23 heavy (non-hydrogen) atoms. The van der Waals surface area contributed by atoms with E-state index >= 15 is 0 Å². The summed E-state index contributed by atoms with van der Waals surface area (Å²) in [5, 5.41) is 0. The zero-order valence-electron chi connectivity index (χ0n) is 13.8. The Bertz CT molecular complexity index is 614. The minimum Gasteiger partial charge on any atom is -0.338 e. The predicted molar refractivity (Wildman–Crippen MR) is 90.1 cm³/mol. The third-order valence-corrected chi connectivity index (χ3v) is 6.65. The number of aryl methyl sites for hydroxylation is 1. The minimum absolute atomic E-state index is 0.218. The van der Waals surface area contributed by atoms with Gasteiger partial charge in [-0.2, -0.15) is 0 Å². The quantitative estimate of drug-likeness (QED) is 0.795. The van der Waals surface area contributed by atoms with Gasteiger partial charge in [0.25, 0.3) is 0 Å². The molecule has 4 saturated heterocycles. The zero-order valence-corrected chi connectivity index (χ0v) is 13.8. The van der Waals surface area contributed by atoms with E-state index in [1.807, 2.05) is 0 Å². The standard InChI is InChI=1S/C20H26N2O/c23-20(18-6-5-16-3-1-2-4-17(16)9-18)22-12-15-7-14-8-19(22)13-21(10-14)11-15/h1-4,14-15,18-19H,5-13H2. The van der Waals surface area contributed by atoms with E-state index in [2.05, 4.69) is 34.1 Å². The van der Waals surface area contributed by atoms with E-state index in [-0.39, 0.29) is 5.92 Å². The molecule has 1 aliphatic carbocycles. The lowest BCUT2D eigenvalue weighted by Gasteiger charge is -2.42. The van der Waals surface area contributed by atoms with Crippen LogP contribution >= 0.6 is 0 Å². The molecule has 1 amide bonds. The summed E-state index contributed by atoms with van der Waals surface area (Å²) in [6, 6.07) is 9.18. The van der Waals surface area contributed by atoms with E-state index in [1.54, 1.807) is 0 Å². The van der Waals surface area contributed by atoms with Crippen LogP contribution in [0.4, 0.5) is 0 Å². The summed E-state index contributed by atoms with van der Waals surface area (Å²) in [5.74, 6) is 2.24. The Balaban J connectivity index is 1.37. The highest BCUT2D eigenvalue weighted by Crippen LogP contribution is 2.38. The van der Waals surface area contributed by atoms with Gasteiger partial charge in [-0.3, -0.25) is 4.79 Å². The molecule has 4 fully saturated rings. The normalized spacial score (nSPS) is 38.3. The van der Waals surface area contributed by atoms with E-state index in [4.69, 9.17) is 0 Å². The fraction of sp³-hybridized carbons (Fsp3) is 0.650. The van der Waals surface area contributed by atoms with Crippen LogP contribution in [-0.2, 0) is 17.6 Å². The highest BCUT2D eigenvalue weighted by Gasteiger charge is 2.44. The highest BCUT2D eigenvalue weighted by atomic mass is 16.2. The molecule has 0 N–H and O–H groups in total. The molecule has 1 aromatic rings. The third kappa shape index (κ3) is 2.40. The van der Waals surface area contributed by atoms with Crippen LogP contribution in [0.5, 0.6) is 0 Å². The van der Waals surface area contributed by atoms with Gasteiger partial charge in [-0.05, 0) is 55.1 Å². The number of hydrogen-bond acceptors (Lipinski definition) is 2. The Kier molecular flexibility index (Phi) is 3.26. The first kappa shape index (κ1) is 14.0. The first-order chi connectivity index (χ1) is 11.3. The Morgan fingerprint density at radius 3 is 2.65 bits per heavy atom. The van der Waals surface area contributed by atoms with Gasteiger partial charge >= 0.3 is 0 Å². The number of fused-ring (bicyclic) bond motifs is 2. The summed E-state index contributed by atoms with van der Waals surface area (Å²) >= 11 is 0. The van der Waals surface area contributed by atoms with Gasteiger partial charge < -0.3 is 9.80 Å². The molecule has 122 valence electrons. The Morgan fingerprint density at radius 1 is 0.957 bits per heavy atom. The SMILES string of the molecule is O=C(C1CCc2ccccc2C1)N1CC2CC3CC1CN(C3)C2. The molecule has 5 atom stereocenters. The van der Waals surface area contributed by atoms with E-state index in [9.17, 15) is 4.79 Å². The number of nitrogens with zero attached hydrogens (tertiary/aromatic N) is 2. The van der Waals surface area contributed by atoms with E-state index in [1.165, 1.54) is 37.1 Å². The molecule has 1 aromatic carbocycles. The molecule has 4 heterocycles. The Morgan fingerprint density at radius 2 is 1.78 bits per heavy atom. The van der Waals surface area contributed by atoms with Crippen molar-refractivity contribution in [2.75, 3.05) is 26.2 Å². The van der Waals surface area contributed by atoms with Gasteiger partial charge in [-0.15, -0.1) is 0 Å². The summed E-state index contributed by atoms with van der Waals surface area (Å²) in [7, 11) is 0. The maximum Gasteiger partial charge on any atom is 0.226 e. The molecule has 4 bridgehead atoms. The predicted octanol–water partition coefficient (Wildman–Crippen LogP) is 2.34. The fourth-order valence-corrected chi connectivity index (χ4v) is 5.70. The minimum atomic E-state index is 0.218. The van der Waals surface area contributed by atoms with Crippen molar-refractivity contribution in [2.24, 2.45) is 17.8 Å². The van der Waals surface area contributed by atoms with E-state index < -0.39 is 0 Å². The van der Waals surface area contributed by atoms with Crippen molar-refractivity contribution >= 4 is 5.91 Å². The number of hydrogen-bond donors (Lipinski definition) is 0. The molecule has 5 aliphatic rings. The van der Waals surface area contributed by atoms with Crippen LogP contribution in [0.2, 0.25) is 0 Å². The smallest absolute Gasteiger partial charge is 0.226 e. The van der Waals surface area contributed by atoms with Crippen molar-refractivity contribution in [3.05, 3.63) is 35.4 Å². The molecule has 0 aromatic heterocycles. The van der Waals surface area contributed by atoms with Crippen LogP contribution in [0.3, 0.4) is 0 Å². The van der Waals surface area contributed by atoms with Crippen molar-refractivity contribution in [1.29, 1.82) is 0 Å². The molecule has 3 nitrogen and oxygen atoms in total. The second-order valence-corrected chi connectivity index (χ2v) is 8.27. The Hall–Kier alpha value is -1.35. The molecular weight excluding hydrogens is 284 g/mol. The highest BCUT2D eigenvalue weighted by molar-refractivity contribution is 5.80. The monoisotopic (exact) mass is 310 g/mol. The molecular formula is C20H26N2O. The molecule has 4 aliphatic heterocycles. The summed E-state index contributed by atoms with van der Waals surface area (Å²) in [6.45, 7) is 4.66. The molecule has 5 unspecified atom stereocenters. The molecule has 0 saturated carbocycles. The first-order valence-electron chi connectivity index (χ1n) is 9.36. The molecule has 0 radical (unpaired) electrons. The molecule has 3 heteroatoms. The van der Waals surface area contributed by atoms with Gasteiger partial charge in [-0.1, -0.05) is 24.3 Å². The lowest BCUT2D eigenvalue weighted by molar-refractivity contribution is -0.138. The van der Waals surface area contributed by atoms with Crippen LogP contribution in [-0.4, -0.2) is 47.9 Å². The summed E-state index contributed by atoms with van der Waals surface area (Å²) in [4.78, 5) is 18.2. The van der Waals surface area contributed by atoms with Crippen LogP contribution in [0, 0.1) is 17.8 Å². The zero-order chi connectivity index (χ0) is 15.4. The number of amides is 1. The number of rotatable bonds is 1. The summed E-state index contributed by atoms with van der Waals surface area (Å²) in [6.07, 6.45) is 5.67. The first-order valence-corrected chi connectivity index (χ1v) is 9.36. The topological polar surface area (TPSA) is 23.6 Å². The fourth-order valence-electron chi connectivity index (χ4n) is 5.70. The van der Waals surface area contributed by atoms with Crippen LogP contribution in [0.15, 0.2) is 24.3 Å². The number of piperidine rings is 2. The van der Waals surface area contributed by atoms with Gasteiger partial charge in [-0.25, -0.2) is 0 Å². The maximum atomic E-state index is 13.3. The van der Waals surface area contributed by atoms with Gasteiger partial charge in [0.05, 0.1) is 0 Å². The van der Waals surface area contributed by atoms with Gasteiger partial charge in [0.15, 0.2) is 0 Å². The van der Waals surface area contributed by atoms with Crippen LogP contribution < -0.4 is 0 Å². The average molecular weight is 310 g/mol. The maximum absolute atomic E-state index is 13.3. The van der Waals surface area contributed by atoms with E-state index in [0.717, 1.165) is 44.2 Å².